The summed E-state index contributed by atoms with van der Waals surface area (Å²) < 4.78 is 7.03. The van der Waals surface area contributed by atoms with Crippen LogP contribution in [0, 0.1) is 0 Å². The number of esters is 1. The molecule has 0 unspecified atom stereocenters. The molecule has 4 nitrogen and oxygen atoms in total. The van der Waals surface area contributed by atoms with Crippen LogP contribution < -0.4 is 0 Å². The number of ether oxygens (including phenoxy) is 1. The first-order valence-corrected chi connectivity index (χ1v) is 8.07. The van der Waals surface area contributed by atoms with Crippen molar-refractivity contribution in [3.8, 4) is 11.3 Å². The molecule has 0 atom stereocenters. The summed E-state index contributed by atoms with van der Waals surface area (Å²) in [6.07, 6.45) is 2.00. The third-order valence-corrected chi connectivity index (χ3v) is 3.78. The smallest absolute Gasteiger partial charge is 0.310 e. The van der Waals surface area contributed by atoms with Gasteiger partial charge in [-0.3, -0.25) is 9.48 Å². The number of carbonyl (C=O) groups excluding carboxylic acids is 1. The lowest BCUT2D eigenvalue weighted by Gasteiger charge is -2.10. The lowest BCUT2D eigenvalue weighted by atomic mass is 10.1. The predicted molar refractivity (Wildman–Crippen MR) is 93.5 cm³/mol. The molecule has 2 aromatic carbocycles. The van der Waals surface area contributed by atoms with Gasteiger partial charge < -0.3 is 4.74 Å². The minimum absolute atomic E-state index is 0.228. The Bertz CT molecular complexity index is 795. The Hall–Kier alpha value is -2.88. The predicted octanol–water partition coefficient (Wildman–Crippen LogP) is 3.70. The van der Waals surface area contributed by atoms with Crippen LogP contribution in [-0.2, 0) is 22.5 Å². The van der Waals surface area contributed by atoms with Crippen molar-refractivity contribution in [2.75, 3.05) is 6.61 Å². The summed E-state index contributed by atoms with van der Waals surface area (Å²) in [7, 11) is 0. The van der Waals surface area contributed by atoms with Crippen molar-refractivity contribution in [1.82, 2.24) is 9.78 Å². The molecule has 0 fully saturated rings. The minimum Gasteiger partial charge on any atom is -0.466 e. The van der Waals surface area contributed by atoms with Crippen molar-refractivity contribution >= 4 is 5.97 Å². The van der Waals surface area contributed by atoms with Gasteiger partial charge >= 0.3 is 5.97 Å². The number of benzene rings is 2. The molecule has 0 aliphatic rings. The number of aromatic nitrogens is 2. The largest absolute Gasteiger partial charge is 0.466 e. The molecule has 24 heavy (non-hydrogen) atoms. The molecular weight excluding hydrogens is 300 g/mol. The fourth-order valence-corrected chi connectivity index (χ4v) is 2.73. The summed E-state index contributed by atoms with van der Waals surface area (Å²) >= 11 is 0. The number of nitrogens with zero attached hydrogens (tertiary/aromatic N) is 2. The fraction of sp³-hybridized carbons (Fsp3) is 0.200. The van der Waals surface area contributed by atoms with Gasteiger partial charge in [0.1, 0.15) is 0 Å². The fourth-order valence-electron chi connectivity index (χ4n) is 2.73. The zero-order chi connectivity index (χ0) is 16.8. The maximum absolute atomic E-state index is 11.9. The number of carbonyl (C=O) groups is 1. The summed E-state index contributed by atoms with van der Waals surface area (Å²) in [6, 6.07) is 20.2. The number of rotatable bonds is 6. The Labute approximate surface area is 141 Å². The highest BCUT2D eigenvalue weighted by atomic mass is 16.5. The SMILES string of the molecule is CCOC(=O)Cc1cnn(Cc2ccccc2)c1-c1ccccc1. The number of hydrogen-bond donors (Lipinski definition) is 0. The van der Waals surface area contributed by atoms with Crippen molar-refractivity contribution in [3.05, 3.63) is 78.0 Å². The van der Waals surface area contributed by atoms with Gasteiger partial charge in [0, 0.05) is 11.1 Å². The summed E-state index contributed by atoms with van der Waals surface area (Å²) in [4.78, 5) is 11.9. The monoisotopic (exact) mass is 320 g/mol. The minimum atomic E-state index is -0.228. The van der Waals surface area contributed by atoms with Crippen LogP contribution in [0.5, 0.6) is 0 Å². The first-order chi connectivity index (χ1) is 11.8. The molecule has 0 amide bonds. The van der Waals surface area contributed by atoms with Crippen molar-refractivity contribution in [3.63, 3.8) is 0 Å². The molecule has 0 saturated carbocycles. The third kappa shape index (κ3) is 3.71. The first kappa shape index (κ1) is 16.0. The van der Waals surface area contributed by atoms with E-state index in [9.17, 15) is 4.79 Å². The second kappa shape index (κ2) is 7.59. The van der Waals surface area contributed by atoms with Crippen molar-refractivity contribution in [2.24, 2.45) is 0 Å². The van der Waals surface area contributed by atoms with E-state index in [0.29, 0.717) is 13.2 Å². The normalized spacial score (nSPS) is 10.5. The molecule has 0 saturated heterocycles. The molecule has 0 N–H and O–H groups in total. The summed E-state index contributed by atoms with van der Waals surface area (Å²) in [6.45, 7) is 2.86. The van der Waals surface area contributed by atoms with Gasteiger partial charge in [-0.05, 0) is 12.5 Å². The highest BCUT2D eigenvalue weighted by molar-refractivity contribution is 5.76. The van der Waals surface area contributed by atoms with Gasteiger partial charge in [-0.2, -0.15) is 5.10 Å². The first-order valence-electron chi connectivity index (χ1n) is 8.07. The molecule has 0 radical (unpaired) electrons. The van der Waals surface area contributed by atoms with E-state index in [2.05, 4.69) is 17.2 Å². The van der Waals surface area contributed by atoms with Crippen LogP contribution >= 0.6 is 0 Å². The lowest BCUT2D eigenvalue weighted by Crippen LogP contribution is -2.09. The van der Waals surface area contributed by atoms with Gasteiger partial charge in [-0.25, -0.2) is 0 Å². The average Bonchev–Trinajstić information content (AvgIpc) is 2.99. The van der Waals surface area contributed by atoms with Crippen LogP contribution in [0.1, 0.15) is 18.1 Å². The molecule has 3 aromatic rings. The van der Waals surface area contributed by atoms with E-state index < -0.39 is 0 Å². The maximum atomic E-state index is 11.9. The Morgan fingerprint density at radius 3 is 2.38 bits per heavy atom. The standard InChI is InChI=1S/C20H20N2O2/c1-2-24-19(23)13-18-14-21-22(15-16-9-5-3-6-10-16)20(18)17-11-7-4-8-12-17/h3-12,14H,2,13,15H2,1H3. The van der Waals surface area contributed by atoms with E-state index in [1.54, 1.807) is 6.20 Å². The van der Waals surface area contributed by atoms with Crippen LogP contribution in [-0.4, -0.2) is 22.4 Å². The molecule has 3 rings (SSSR count). The van der Waals surface area contributed by atoms with Gasteiger partial charge in [0.05, 0.1) is 31.5 Å². The summed E-state index contributed by atoms with van der Waals surface area (Å²) in [5, 5.41) is 4.51. The van der Waals surface area contributed by atoms with Crippen LogP contribution in [0.25, 0.3) is 11.3 Å². The van der Waals surface area contributed by atoms with Crippen LogP contribution in [0.15, 0.2) is 66.9 Å². The van der Waals surface area contributed by atoms with Crippen molar-refractivity contribution < 1.29 is 9.53 Å². The Morgan fingerprint density at radius 2 is 1.71 bits per heavy atom. The topological polar surface area (TPSA) is 44.1 Å². The maximum Gasteiger partial charge on any atom is 0.310 e. The number of hydrogen-bond acceptors (Lipinski definition) is 3. The van der Waals surface area contributed by atoms with Crippen LogP contribution in [0.4, 0.5) is 0 Å². The molecule has 0 spiro atoms. The molecule has 1 heterocycles. The van der Waals surface area contributed by atoms with Crippen molar-refractivity contribution in [1.29, 1.82) is 0 Å². The van der Waals surface area contributed by atoms with Gasteiger partial charge in [-0.15, -0.1) is 0 Å². The zero-order valence-electron chi connectivity index (χ0n) is 13.7. The molecule has 0 bridgehead atoms. The third-order valence-electron chi connectivity index (χ3n) is 3.78. The van der Waals surface area contributed by atoms with Gasteiger partial charge in [0.15, 0.2) is 0 Å². The zero-order valence-corrected chi connectivity index (χ0v) is 13.7. The molecule has 4 heteroatoms. The van der Waals surface area contributed by atoms with Gasteiger partial charge in [-0.1, -0.05) is 60.7 Å². The van der Waals surface area contributed by atoms with Crippen LogP contribution in [0.2, 0.25) is 0 Å². The van der Waals surface area contributed by atoms with E-state index >= 15 is 0 Å². The van der Waals surface area contributed by atoms with E-state index in [4.69, 9.17) is 4.74 Å². The lowest BCUT2D eigenvalue weighted by molar-refractivity contribution is -0.142. The van der Waals surface area contributed by atoms with E-state index in [1.807, 2.05) is 60.1 Å². The average molecular weight is 320 g/mol. The Balaban J connectivity index is 1.97. The summed E-state index contributed by atoms with van der Waals surface area (Å²) in [5.41, 5.74) is 4.06. The van der Waals surface area contributed by atoms with E-state index in [0.717, 1.165) is 16.8 Å². The Morgan fingerprint density at radius 1 is 1.04 bits per heavy atom. The second-order valence-corrected chi connectivity index (χ2v) is 5.51. The molecule has 0 aliphatic carbocycles. The molecule has 0 aliphatic heterocycles. The Kier molecular flexibility index (Phi) is 5.06. The molecule has 1 aromatic heterocycles. The van der Waals surface area contributed by atoms with Crippen molar-refractivity contribution in [2.45, 2.75) is 19.9 Å². The molecular formula is C20H20N2O2. The second-order valence-electron chi connectivity index (χ2n) is 5.51. The highest BCUT2D eigenvalue weighted by Gasteiger charge is 2.16. The summed E-state index contributed by atoms with van der Waals surface area (Å²) in [5.74, 6) is -0.228. The van der Waals surface area contributed by atoms with Crippen LogP contribution in [0.3, 0.4) is 0 Å². The highest BCUT2D eigenvalue weighted by Crippen LogP contribution is 2.25. The van der Waals surface area contributed by atoms with Gasteiger partial charge in [0.2, 0.25) is 0 Å². The van der Waals surface area contributed by atoms with E-state index in [1.165, 1.54) is 5.56 Å². The quantitative estimate of drug-likeness (QED) is 0.650. The molecule has 122 valence electrons. The van der Waals surface area contributed by atoms with E-state index in [-0.39, 0.29) is 12.4 Å². The van der Waals surface area contributed by atoms with Gasteiger partial charge in [0.25, 0.3) is 0 Å².